The van der Waals surface area contributed by atoms with Crippen molar-refractivity contribution < 1.29 is 14.1 Å². The van der Waals surface area contributed by atoms with Crippen molar-refractivity contribution in [2.24, 2.45) is 0 Å². The number of ketones is 1. The molecule has 25 heavy (non-hydrogen) atoms. The van der Waals surface area contributed by atoms with Crippen molar-refractivity contribution in [2.45, 2.75) is 19.9 Å². The van der Waals surface area contributed by atoms with E-state index in [1.165, 1.54) is 18.3 Å². The first kappa shape index (κ1) is 17.1. The summed E-state index contributed by atoms with van der Waals surface area (Å²) in [6, 6.07) is 13.4. The molecule has 128 valence electrons. The van der Waals surface area contributed by atoms with Crippen LogP contribution in [0.4, 0.5) is 0 Å². The zero-order chi connectivity index (χ0) is 17.8. The highest BCUT2D eigenvalue weighted by Gasteiger charge is 2.15. The van der Waals surface area contributed by atoms with Gasteiger partial charge in [-0.2, -0.15) is 0 Å². The van der Waals surface area contributed by atoms with Gasteiger partial charge in [-0.05, 0) is 23.9 Å². The molecule has 0 fully saturated rings. The zero-order valence-corrected chi connectivity index (χ0v) is 14.9. The van der Waals surface area contributed by atoms with Gasteiger partial charge in [-0.1, -0.05) is 35.5 Å². The third kappa shape index (κ3) is 4.22. The SMILES string of the molecule is CC(=O)c1cc(CC(=O)N(C)Cc2cc(-c3ccccc3)no2)cs1. The van der Waals surface area contributed by atoms with Gasteiger partial charge in [0, 0.05) is 18.7 Å². The highest BCUT2D eigenvalue weighted by Crippen LogP contribution is 2.20. The van der Waals surface area contributed by atoms with Crippen molar-refractivity contribution in [1.82, 2.24) is 10.1 Å². The van der Waals surface area contributed by atoms with Crippen LogP contribution in [-0.4, -0.2) is 28.8 Å². The molecule has 0 aliphatic heterocycles. The number of likely N-dealkylation sites (N-methyl/N-ethyl adjacent to an activating group) is 1. The van der Waals surface area contributed by atoms with Gasteiger partial charge in [0.25, 0.3) is 0 Å². The van der Waals surface area contributed by atoms with Gasteiger partial charge in [-0.3, -0.25) is 9.59 Å². The molecule has 0 atom stereocenters. The second kappa shape index (κ2) is 7.44. The molecule has 1 aromatic carbocycles. The van der Waals surface area contributed by atoms with E-state index in [-0.39, 0.29) is 18.1 Å². The Kier molecular flexibility index (Phi) is 5.09. The summed E-state index contributed by atoms with van der Waals surface area (Å²) in [5.41, 5.74) is 2.58. The molecule has 2 heterocycles. The topological polar surface area (TPSA) is 63.4 Å². The summed E-state index contributed by atoms with van der Waals surface area (Å²) < 4.78 is 5.34. The Morgan fingerprint density at radius 2 is 1.96 bits per heavy atom. The van der Waals surface area contributed by atoms with Crippen LogP contribution in [0.15, 0.2) is 52.4 Å². The molecule has 0 bridgehead atoms. The third-order valence-electron chi connectivity index (χ3n) is 3.80. The van der Waals surface area contributed by atoms with E-state index in [0.717, 1.165) is 16.8 Å². The van der Waals surface area contributed by atoms with Gasteiger partial charge < -0.3 is 9.42 Å². The van der Waals surface area contributed by atoms with Crippen LogP contribution in [0.25, 0.3) is 11.3 Å². The van der Waals surface area contributed by atoms with Gasteiger partial charge in [0.15, 0.2) is 11.5 Å². The van der Waals surface area contributed by atoms with Crippen LogP contribution in [0.3, 0.4) is 0 Å². The lowest BCUT2D eigenvalue weighted by Gasteiger charge is -2.14. The largest absolute Gasteiger partial charge is 0.359 e. The lowest BCUT2D eigenvalue weighted by atomic mass is 10.1. The van der Waals surface area contributed by atoms with Gasteiger partial charge in [-0.25, -0.2) is 0 Å². The highest BCUT2D eigenvalue weighted by molar-refractivity contribution is 7.12. The van der Waals surface area contributed by atoms with Crippen LogP contribution in [-0.2, 0) is 17.8 Å². The third-order valence-corrected chi connectivity index (χ3v) is 4.88. The average molecular weight is 354 g/mol. The summed E-state index contributed by atoms with van der Waals surface area (Å²) in [5.74, 6) is 0.613. The number of benzene rings is 1. The number of nitrogens with zero attached hydrogens (tertiary/aromatic N) is 2. The standard InChI is InChI=1S/C19H18N2O3S/c1-13(22)18-8-14(12-25-18)9-19(23)21(2)11-16-10-17(20-24-16)15-6-4-3-5-7-15/h3-8,10,12H,9,11H2,1-2H3. The lowest BCUT2D eigenvalue weighted by Crippen LogP contribution is -2.27. The molecule has 0 N–H and O–H groups in total. The number of aromatic nitrogens is 1. The Labute approximate surface area is 149 Å². The van der Waals surface area contributed by atoms with E-state index < -0.39 is 0 Å². The molecule has 0 aliphatic rings. The van der Waals surface area contributed by atoms with Gasteiger partial charge in [-0.15, -0.1) is 11.3 Å². The molecule has 2 aromatic heterocycles. The van der Waals surface area contributed by atoms with Crippen molar-refractivity contribution in [1.29, 1.82) is 0 Å². The Balaban J connectivity index is 1.61. The first-order valence-corrected chi connectivity index (χ1v) is 8.74. The molecule has 0 aliphatic carbocycles. The molecule has 6 heteroatoms. The monoisotopic (exact) mass is 354 g/mol. The molecule has 3 rings (SSSR count). The molecule has 0 saturated heterocycles. The van der Waals surface area contributed by atoms with Crippen molar-refractivity contribution in [2.75, 3.05) is 7.05 Å². The molecule has 0 radical (unpaired) electrons. The fourth-order valence-electron chi connectivity index (χ4n) is 2.42. The minimum Gasteiger partial charge on any atom is -0.359 e. The van der Waals surface area contributed by atoms with Crippen LogP contribution in [0, 0.1) is 0 Å². The Morgan fingerprint density at radius 3 is 2.64 bits per heavy atom. The molecule has 5 nitrogen and oxygen atoms in total. The fraction of sp³-hybridized carbons (Fsp3) is 0.211. The minimum absolute atomic E-state index is 0.0205. The average Bonchev–Trinajstić information content (AvgIpc) is 3.25. The summed E-state index contributed by atoms with van der Waals surface area (Å²) in [5, 5.41) is 5.91. The summed E-state index contributed by atoms with van der Waals surface area (Å²) >= 11 is 1.37. The van der Waals surface area contributed by atoms with Crippen molar-refractivity contribution >= 4 is 23.0 Å². The Morgan fingerprint density at radius 1 is 1.20 bits per heavy atom. The summed E-state index contributed by atoms with van der Waals surface area (Å²) in [7, 11) is 1.73. The van der Waals surface area contributed by atoms with Gasteiger partial charge in [0.2, 0.25) is 5.91 Å². The van der Waals surface area contributed by atoms with Crippen LogP contribution >= 0.6 is 11.3 Å². The molecule has 0 unspecified atom stereocenters. The Hall–Kier alpha value is -2.73. The fourth-order valence-corrected chi connectivity index (χ4v) is 3.23. The van der Waals surface area contributed by atoms with Crippen molar-refractivity contribution in [3.63, 3.8) is 0 Å². The smallest absolute Gasteiger partial charge is 0.227 e. The van der Waals surface area contributed by atoms with Gasteiger partial charge in [0.05, 0.1) is 17.8 Å². The minimum atomic E-state index is -0.0365. The summed E-state index contributed by atoms with van der Waals surface area (Å²) in [6.07, 6.45) is 0.264. The quantitative estimate of drug-likeness (QED) is 0.632. The first-order chi connectivity index (χ1) is 12.0. The number of hydrogen-bond donors (Lipinski definition) is 0. The number of carbonyl (C=O) groups is 2. The maximum Gasteiger partial charge on any atom is 0.227 e. The number of carbonyl (C=O) groups excluding carboxylic acids is 2. The predicted octanol–water partition coefficient (Wildman–Crippen LogP) is 3.81. The van der Waals surface area contributed by atoms with E-state index >= 15 is 0 Å². The molecule has 1 amide bonds. The van der Waals surface area contributed by atoms with E-state index in [4.69, 9.17) is 4.52 Å². The van der Waals surface area contributed by atoms with Crippen LogP contribution in [0.2, 0.25) is 0 Å². The number of rotatable bonds is 6. The maximum atomic E-state index is 12.4. The van der Waals surface area contributed by atoms with E-state index in [1.54, 1.807) is 18.0 Å². The second-order valence-electron chi connectivity index (χ2n) is 5.85. The van der Waals surface area contributed by atoms with Crippen LogP contribution in [0.1, 0.15) is 27.9 Å². The second-order valence-corrected chi connectivity index (χ2v) is 6.76. The van der Waals surface area contributed by atoms with E-state index in [1.807, 2.05) is 41.8 Å². The molecule has 0 saturated carbocycles. The first-order valence-electron chi connectivity index (χ1n) is 7.86. The van der Waals surface area contributed by atoms with Crippen LogP contribution < -0.4 is 0 Å². The van der Waals surface area contributed by atoms with Crippen molar-refractivity contribution in [3.05, 3.63) is 64.0 Å². The van der Waals surface area contributed by atoms with E-state index in [9.17, 15) is 9.59 Å². The molecular weight excluding hydrogens is 336 g/mol. The molecule has 0 spiro atoms. The molecular formula is C19H18N2O3S. The summed E-state index contributed by atoms with van der Waals surface area (Å²) in [4.78, 5) is 26.0. The van der Waals surface area contributed by atoms with E-state index in [2.05, 4.69) is 5.16 Å². The van der Waals surface area contributed by atoms with Gasteiger partial charge >= 0.3 is 0 Å². The summed E-state index contributed by atoms with van der Waals surface area (Å²) in [6.45, 7) is 1.88. The number of Topliss-reactive ketones (excluding diaryl/α,β-unsaturated/α-hetero) is 1. The maximum absolute atomic E-state index is 12.4. The highest BCUT2D eigenvalue weighted by atomic mass is 32.1. The normalized spacial score (nSPS) is 10.6. The molecule has 3 aromatic rings. The number of amides is 1. The Bertz CT molecular complexity index is 883. The van der Waals surface area contributed by atoms with Crippen LogP contribution in [0.5, 0.6) is 0 Å². The predicted molar refractivity (Wildman–Crippen MR) is 96.4 cm³/mol. The number of hydrogen-bond acceptors (Lipinski definition) is 5. The van der Waals surface area contributed by atoms with Crippen molar-refractivity contribution in [3.8, 4) is 11.3 Å². The number of thiophene rings is 1. The zero-order valence-electron chi connectivity index (χ0n) is 14.1. The van der Waals surface area contributed by atoms with E-state index in [0.29, 0.717) is 17.2 Å². The lowest BCUT2D eigenvalue weighted by molar-refractivity contribution is -0.129. The van der Waals surface area contributed by atoms with Gasteiger partial charge in [0.1, 0.15) is 5.69 Å².